The van der Waals surface area contributed by atoms with E-state index in [0.717, 1.165) is 19.3 Å². The van der Waals surface area contributed by atoms with Crippen molar-refractivity contribution in [3.05, 3.63) is 17.3 Å². The van der Waals surface area contributed by atoms with Crippen molar-refractivity contribution >= 4 is 11.9 Å². The van der Waals surface area contributed by atoms with Gasteiger partial charge in [0.15, 0.2) is 5.89 Å². The standard InChI is InChI=1S/C14H20N2O4/c1-8-12(20-9(2)15-8)13(17)16-11-7-5-3-4-6-10(11)14(18)19/h10-11H,3-7H2,1-2H3,(H,16,17)(H,18,19)/t10-,11-/m0/s1. The molecule has 0 radical (unpaired) electrons. The number of carbonyl (C=O) groups excluding carboxylic acids is 1. The zero-order chi connectivity index (χ0) is 14.7. The van der Waals surface area contributed by atoms with Crippen LogP contribution in [0.4, 0.5) is 0 Å². The summed E-state index contributed by atoms with van der Waals surface area (Å²) in [5.74, 6) is -1.13. The molecule has 0 spiro atoms. The van der Waals surface area contributed by atoms with Gasteiger partial charge < -0.3 is 14.8 Å². The van der Waals surface area contributed by atoms with Gasteiger partial charge in [0.1, 0.15) is 0 Å². The van der Waals surface area contributed by atoms with Gasteiger partial charge in [0.2, 0.25) is 5.76 Å². The Hall–Kier alpha value is -1.85. The number of aromatic nitrogens is 1. The first-order valence-electron chi connectivity index (χ1n) is 6.96. The Bertz CT molecular complexity index is 509. The van der Waals surface area contributed by atoms with E-state index in [1.54, 1.807) is 13.8 Å². The first kappa shape index (κ1) is 14.6. The summed E-state index contributed by atoms with van der Waals surface area (Å²) in [4.78, 5) is 27.6. The largest absolute Gasteiger partial charge is 0.481 e. The third kappa shape index (κ3) is 3.18. The van der Waals surface area contributed by atoms with Gasteiger partial charge in [-0.2, -0.15) is 0 Å². The first-order chi connectivity index (χ1) is 9.49. The third-order valence-corrected chi connectivity index (χ3v) is 3.76. The number of carbonyl (C=O) groups is 2. The maximum atomic E-state index is 12.2. The Balaban J connectivity index is 2.11. The van der Waals surface area contributed by atoms with Crippen molar-refractivity contribution in [2.45, 2.75) is 52.0 Å². The van der Waals surface area contributed by atoms with Crippen LogP contribution in [0.25, 0.3) is 0 Å². The summed E-state index contributed by atoms with van der Waals surface area (Å²) >= 11 is 0. The van der Waals surface area contributed by atoms with Crippen LogP contribution >= 0.6 is 0 Å². The Morgan fingerprint density at radius 2 is 1.95 bits per heavy atom. The number of nitrogens with zero attached hydrogens (tertiary/aromatic N) is 1. The van der Waals surface area contributed by atoms with Gasteiger partial charge in [-0.25, -0.2) is 4.98 Å². The van der Waals surface area contributed by atoms with Gasteiger partial charge in [0, 0.05) is 13.0 Å². The average molecular weight is 280 g/mol. The van der Waals surface area contributed by atoms with Crippen molar-refractivity contribution < 1.29 is 19.1 Å². The molecule has 6 nitrogen and oxygen atoms in total. The number of aliphatic carboxylic acids is 1. The molecule has 0 bridgehead atoms. The average Bonchev–Trinajstić information content (AvgIpc) is 2.60. The summed E-state index contributed by atoms with van der Waals surface area (Å²) < 4.78 is 5.27. The van der Waals surface area contributed by atoms with Crippen LogP contribution in [0.2, 0.25) is 0 Å². The molecule has 1 heterocycles. The van der Waals surface area contributed by atoms with Crippen molar-refractivity contribution in [2.24, 2.45) is 5.92 Å². The number of hydrogen-bond acceptors (Lipinski definition) is 4. The maximum Gasteiger partial charge on any atom is 0.308 e. The summed E-state index contributed by atoms with van der Waals surface area (Å²) in [5, 5.41) is 12.1. The van der Waals surface area contributed by atoms with Crippen LogP contribution in [-0.4, -0.2) is 28.0 Å². The van der Waals surface area contributed by atoms with Crippen LogP contribution in [0.1, 0.15) is 54.2 Å². The summed E-state index contributed by atoms with van der Waals surface area (Å²) in [6, 6.07) is -0.340. The van der Waals surface area contributed by atoms with E-state index in [2.05, 4.69) is 10.3 Å². The van der Waals surface area contributed by atoms with E-state index in [1.165, 1.54) is 0 Å². The summed E-state index contributed by atoms with van der Waals surface area (Å²) in [5.41, 5.74) is 0.528. The molecule has 1 aromatic rings. The molecule has 1 aliphatic rings. The van der Waals surface area contributed by atoms with Crippen LogP contribution in [0.5, 0.6) is 0 Å². The van der Waals surface area contributed by atoms with Crippen molar-refractivity contribution in [3.8, 4) is 0 Å². The second-order valence-corrected chi connectivity index (χ2v) is 5.31. The van der Waals surface area contributed by atoms with Crippen LogP contribution in [0.15, 0.2) is 4.42 Å². The van der Waals surface area contributed by atoms with Crippen LogP contribution in [-0.2, 0) is 4.79 Å². The Morgan fingerprint density at radius 3 is 2.55 bits per heavy atom. The third-order valence-electron chi connectivity index (χ3n) is 3.76. The van der Waals surface area contributed by atoms with Gasteiger partial charge in [0.25, 0.3) is 5.91 Å². The molecule has 2 N–H and O–H groups in total. The predicted molar refractivity (Wildman–Crippen MR) is 71.4 cm³/mol. The second-order valence-electron chi connectivity index (χ2n) is 5.31. The fourth-order valence-electron chi connectivity index (χ4n) is 2.75. The molecule has 1 amide bonds. The van der Waals surface area contributed by atoms with Gasteiger partial charge in [-0.1, -0.05) is 19.3 Å². The number of rotatable bonds is 3. The number of amides is 1. The number of hydrogen-bond donors (Lipinski definition) is 2. The van der Waals surface area contributed by atoms with Crippen LogP contribution < -0.4 is 5.32 Å². The molecule has 0 aliphatic heterocycles. The van der Waals surface area contributed by atoms with Crippen molar-refractivity contribution in [2.75, 3.05) is 0 Å². The van der Waals surface area contributed by atoms with E-state index in [-0.39, 0.29) is 17.7 Å². The molecular weight excluding hydrogens is 260 g/mol. The monoisotopic (exact) mass is 280 g/mol. The second kappa shape index (κ2) is 6.07. The maximum absolute atomic E-state index is 12.2. The molecule has 6 heteroatoms. The van der Waals surface area contributed by atoms with Gasteiger partial charge in [-0.3, -0.25) is 9.59 Å². The summed E-state index contributed by atoms with van der Waals surface area (Å²) in [6.45, 7) is 3.38. The minimum Gasteiger partial charge on any atom is -0.481 e. The smallest absolute Gasteiger partial charge is 0.308 e. The quantitative estimate of drug-likeness (QED) is 0.827. The van der Waals surface area contributed by atoms with Crippen LogP contribution in [0.3, 0.4) is 0 Å². The molecule has 1 aliphatic carbocycles. The minimum atomic E-state index is -0.845. The van der Waals surface area contributed by atoms with Crippen molar-refractivity contribution in [3.63, 3.8) is 0 Å². The molecule has 110 valence electrons. The highest BCUT2D eigenvalue weighted by atomic mass is 16.4. The fourth-order valence-corrected chi connectivity index (χ4v) is 2.75. The molecule has 0 aromatic carbocycles. The van der Waals surface area contributed by atoms with Gasteiger partial charge >= 0.3 is 5.97 Å². The zero-order valence-corrected chi connectivity index (χ0v) is 11.8. The molecule has 20 heavy (non-hydrogen) atoms. The molecule has 1 aromatic heterocycles. The fraction of sp³-hybridized carbons (Fsp3) is 0.643. The molecule has 1 fully saturated rings. The normalized spacial score (nSPS) is 23.1. The van der Waals surface area contributed by atoms with E-state index >= 15 is 0 Å². The lowest BCUT2D eigenvalue weighted by Crippen LogP contribution is -2.42. The first-order valence-corrected chi connectivity index (χ1v) is 6.96. The zero-order valence-electron chi connectivity index (χ0n) is 11.8. The predicted octanol–water partition coefficient (Wildman–Crippen LogP) is 2.05. The Morgan fingerprint density at radius 1 is 1.25 bits per heavy atom. The molecule has 0 unspecified atom stereocenters. The number of oxazole rings is 1. The van der Waals surface area contributed by atoms with E-state index in [0.29, 0.717) is 24.4 Å². The van der Waals surface area contributed by atoms with E-state index in [4.69, 9.17) is 4.42 Å². The lowest BCUT2D eigenvalue weighted by molar-refractivity contribution is -0.142. The Labute approximate surface area is 117 Å². The Kier molecular flexibility index (Phi) is 4.42. The number of aryl methyl sites for hydroxylation is 2. The topological polar surface area (TPSA) is 92.4 Å². The highest BCUT2D eigenvalue weighted by molar-refractivity contribution is 5.93. The minimum absolute atomic E-state index is 0.177. The molecule has 2 atom stereocenters. The number of carboxylic acids is 1. The van der Waals surface area contributed by atoms with Gasteiger partial charge in [-0.05, 0) is 19.8 Å². The lowest BCUT2D eigenvalue weighted by atomic mass is 9.95. The molecule has 1 saturated carbocycles. The van der Waals surface area contributed by atoms with Gasteiger partial charge in [0.05, 0.1) is 11.6 Å². The summed E-state index contributed by atoms with van der Waals surface area (Å²) in [6.07, 6.45) is 4.13. The molecule has 2 rings (SSSR count). The van der Waals surface area contributed by atoms with Crippen molar-refractivity contribution in [1.29, 1.82) is 0 Å². The highest BCUT2D eigenvalue weighted by Gasteiger charge is 2.31. The summed E-state index contributed by atoms with van der Waals surface area (Å²) in [7, 11) is 0. The molecular formula is C14H20N2O4. The van der Waals surface area contributed by atoms with E-state index in [9.17, 15) is 14.7 Å². The lowest BCUT2D eigenvalue weighted by Gasteiger charge is -2.22. The highest BCUT2D eigenvalue weighted by Crippen LogP contribution is 2.24. The van der Waals surface area contributed by atoms with Gasteiger partial charge in [-0.15, -0.1) is 0 Å². The van der Waals surface area contributed by atoms with E-state index < -0.39 is 11.9 Å². The molecule has 0 saturated heterocycles. The van der Waals surface area contributed by atoms with E-state index in [1.807, 2.05) is 0 Å². The number of nitrogens with one attached hydrogen (secondary N) is 1. The van der Waals surface area contributed by atoms with Crippen molar-refractivity contribution in [1.82, 2.24) is 10.3 Å². The van der Waals surface area contributed by atoms with Crippen LogP contribution in [0, 0.1) is 19.8 Å². The SMILES string of the molecule is Cc1nc(C)c(C(=O)N[C@H]2CCCCC[C@@H]2C(=O)O)o1. The number of carboxylic acid groups (broad SMARTS) is 1.